The first-order valence-corrected chi connectivity index (χ1v) is 8.64. The van der Waals surface area contributed by atoms with E-state index in [-0.39, 0.29) is 0 Å². The standard InChI is InChI=1S/C15H25N9/c1-23-12(19-21-14(23)10-6-11(16)7-10)8-24-4-2-9(3-5-24)13-18-15(17)22-20-13/h9-11H,2-8,16H2,1H3,(H3,17,18,20,22). The number of nitrogen functional groups attached to an aromatic ring is 1. The van der Waals surface area contributed by atoms with Crippen molar-refractivity contribution in [1.82, 2.24) is 34.8 Å². The van der Waals surface area contributed by atoms with E-state index in [0.717, 1.165) is 62.8 Å². The van der Waals surface area contributed by atoms with E-state index in [1.165, 1.54) is 0 Å². The molecule has 1 saturated carbocycles. The third-order valence-electron chi connectivity index (χ3n) is 5.40. The number of hydrogen-bond donors (Lipinski definition) is 3. The molecule has 9 heteroatoms. The second-order valence-corrected chi connectivity index (χ2v) is 7.09. The van der Waals surface area contributed by atoms with E-state index in [2.05, 4.69) is 41.9 Å². The number of piperidine rings is 1. The van der Waals surface area contributed by atoms with Gasteiger partial charge >= 0.3 is 0 Å². The van der Waals surface area contributed by atoms with Crippen LogP contribution < -0.4 is 11.5 Å². The van der Waals surface area contributed by atoms with Gasteiger partial charge in [-0.1, -0.05) is 0 Å². The van der Waals surface area contributed by atoms with E-state index in [0.29, 0.717) is 23.8 Å². The Hall–Kier alpha value is -2.00. The highest BCUT2D eigenvalue weighted by Crippen LogP contribution is 2.34. The highest BCUT2D eigenvalue weighted by atomic mass is 15.3. The third kappa shape index (κ3) is 2.89. The van der Waals surface area contributed by atoms with E-state index in [4.69, 9.17) is 11.5 Å². The molecule has 0 bridgehead atoms. The average molecular weight is 331 g/mol. The van der Waals surface area contributed by atoms with Crippen LogP contribution in [0.2, 0.25) is 0 Å². The van der Waals surface area contributed by atoms with Gasteiger partial charge in [-0.2, -0.15) is 4.98 Å². The van der Waals surface area contributed by atoms with Crippen LogP contribution in [-0.2, 0) is 13.6 Å². The van der Waals surface area contributed by atoms with Gasteiger partial charge in [-0.3, -0.25) is 10.00 Å². The maximum atomic E-state index is 5.89. The minimum atomic E-state index is 0.328. The number of nitrogens with two attached hydrogens (primary N) is 2. The minimum absolute atomic E-state index is 0.328. The predicted molar refractivity (Wildman–Crippen MR) is 89.0 cm³/mol. The van der Waals surface area contributed by atoms with Crippen molar-refractivity contribution in [2.24, 2.45) is 12.8 Å². The molecule has 1 saturated heterocycles. The summed E-state index contributed by atoms with van der Waals surface area (Å²) in [6.45, 7) is 2.87. The molecule has 1 aliphatic heterocycles. The van der Waals surface area contributed by atoms with Crippen molar-refractivity contribution in [3.63, 3.8) is 0 Å². The molecule has 0 atom stereocenters. The van der Waals surface area contributed by atoms with Crippen molar-refractivity contribution >= 4 is 5.95 Å². The molecule has 3 heterocycles. The molecule has 24 heavy (non-hydrogen) atoms. The summed E-state index contributed by atoms with van der Waals surface area (Å²) in [4.78, 5) is 6.69. The highest BCUT2D eigenvalue weighted by Gasteiger charge is 2.32. The first-order chi connectivity index (χ1) is 11.6. The monoisotopic (exact) mass is 331 g/mol. The third-order valence-corrected chi connectivity index (χ3v) is 5.40. The van der Waals surface area contributed by atoms with E-state index >= 15 is 0 Å². The van der Waals surface area contributed by atoms with Crippen molar-refractivity contribution in [1.29, 1.82) is 0 Å². The Kier molecular flexibility index (Phi) is 3.97. The van der Waals surface area contributed by atoms with Crippen molar-refractivity contribution in [3.05, 3.63) is 17.5 Å². The molecule has 130 valence electrons. The van der Waals surface area contributed by atoms with Crippen LogP contribution in [0.1, 0.15) is 55.0 Å². The molecule has 0 radical (unpaired) electrons. The Labute approximate surface area is 140 Å². The van der Waals surface area contributed by atoms with Crippen LogP contribution >= 0.6 is 0 Å². The zero-order chi connectivity index (χ0) is 16.7. The largest absolute Gasteiger partial charge is 0.367 e. The quantitative estimate of drug-likeness (QED) is 0.725. The molecular formula is C15H25N9. The molecule has 0 unspecified atom stereocenters. The summed E-state index contributed by atoms with van der Waals surface area (Å²) >= 11 is 0. The molecule has 0 spiro atoms. The highest BCUT2D eigenvalue weighted by molar-refractivity contribution is 5.15. The number of aromatic amines is 1. The number of nitrogens with zero attached hydrogens (tertiary/aromatic N) is 6. The summed E-state index contributed by atoms with van der Waals surface area (Å²) in [5.74, 6) is 4.25. The molecule has 9 nitrogen and oxygen atoms in total. The fourth-order valence-corrected chi connectivity index (χ4v) is 3.78. The molecular weight excluding hydrogens is 306 g/mol. The smallest absolute Gasteiger partial charge is 0.239 e. The molecule has 2 fully saturated rings. The maximum Gasteiger partial charge on any atom is 0.239 e. The van der Waals surface area contributed by atoms with Gasteiger partial charge in [-0.25, -0.2) is 0 Å². The summed E-state index contributed by atoms with van der Waals surface area (Å²) in [6.07, 6.45) is 4.16. The number of nitrogens with one attached hydrogen (secondary N) is 1. The normalized spacial score (nSPS) is 25.8. The van der Waals surface area contributed by atoms with Crippen LogP contribution in [0.5, 0.6) is 0 Å². The van der Waals surface area contributed by atoms with Gasteiger partial charge in [-0.05, 0) is 38.8 Å². The molecule has 2 aliphatic rings. The molecule has 1 aliphatic carbocycles. The van der Waals surface area contributed by atoms with Gasteiger partial charge in [0.2, 0.25) is 5.95 Å². The van der Waals surface area contributed by atoms with Gasteiger partial charge in [0, 0.05) is 24.9 Å². The van der Waals surface area contributed by atoms with Crippen LogP contribution in [0, 0.1) is 0 Å². The number of likely N-dealkylation sites (tertiary alicyclic amines) is 1. The number of anilines is 1. The fraction of sp³-hybridized carbons (Fsp3) is 0.733. The SMILES string of the molecule is Cn1c(CN2CCC(c3nc(N)n[nH]3)CC2)nnc1C1CC(N)C1. The Morgan fingerprint density at radius 3 is 2.54 bits per heavy atom. The summed E-state index contributed by atoms with van der Waals surface area (Å²) in [7, 11) is 2.07. The molecule has 5 N–H and O–H groups in total. The maximum absolute atomic E-state index is 5.89. The first-order valence-electron chi connectivity index (χ1n) is 8.64. The summed E-state index contributed by atoms with van der Waals surface area (Å²) in [5.41, 5.74) is 11.5. The van der Waals surface area contributed by atoms with Crippen LogP contribution in [0.4, 0.5) is 5.95 Å². The molecule has 2 aromatic heterocycles. The number of aromatic nitrogens is 6. The van der Waals surface area contributed by atoms with Gasteiger partial charge < -0.3 is 16.0 Å². The lowest BCUT2D eigenvalue weighted by atomic mass is 9.80. The van der Waals surface area contributed by atoms with E-state index in [1.54, 1.807) is 0 Å². The lowest BCUT2D eigenvalue weighted by Gasteiger charge is -2.32. The summed E-state index contributed by atoms with van der Waals surface area (Å²) in [6, 6.07) is 0.333. The van der Waals surface area contributed by atoms with Crippen molar-refractivity contribution in [2.45, 2.75) is 50.1 Å². The van der Waals surface area contributed by atoms with E-state index < -0.39 is 0 Å². The van der Waals surface area contributed by atoms with Crippen molar-refractivity contribution in [3.8, 4) is 0 Å². The number of hydrogen-bond acceptors (Lipinski definition) is 7. The zero-order valence-corrected chi connectivity index (χ0v) is 14.0. The van der Waals surface area contributed by atoms with E-state index in [1.807, 2.05) is 0 Å². The van der Waals surface area contributed by atoms with Gasteiger partial charge in [0.25, 0.3) is 0 Å². The number of rotatable bonds is 4. The molecule has 0 amide bonds. The van der Waals surface area contributed by atoms with E-state index in [9.17, 15) is 0 Å². The lowest BCUT2D eigenvalue weighted by Crippen LogP contribution is -2.36. The second kappa shape index (κ2) is 6.14. The first kappa shape index (κ1) is 15.5. The van der Waals surface area contributed by atoms with Crippen LogP contribution in [0.3, 0.4) is 0 Å². The number of H-pyrrole nitrogens is 1. The Morgan fingerprint density at radius 2 is 1.92 bits per heavy atom. The van der Waals surface area contributed by atoms with Gasteiger partial charge in [-0.15, -0.1) is 15.3 Å². The molecule has 4 rings (SSSR count). The zero-order valence-electron chi connectivity index (χ0n) is 14.0. The van der Waals surface area contributed by atoms with Crippen molar-refractivity contribution in [2.75, 3.05) is 18.8 Å². The minimum Gasteiger partial charge on any atom is -0.367 e. The Morgan fingerprint density at radius 1 is 1.17 bits per heavy atom. The van der Waals surface area contributed by atoms with Crippen LogP contribution in [0.25, 0.3) is 0 Å². The summed E-state index contributed by atoms with van der Waals surface area (Å²) < 4.78 is 2.15. The van der Waals surface area contributed by atoms with Gasteiger partial charge in [0.15, 0.2) is 0 Å². The van der Waals surface area contributed by atoms with Crippen LogP contribution in [-0.4, -0.2) is 54.0 Å². The topological polar surface area (TPSA) is 128 Å². The van der Waals surface area contributed by atoms with Crippen LogP contribution in [0.15, 0.2) is 0 Å². The van der Waals surface area contributed by atoms with Crippen molar-refractivity contribution < 1.29 is 0 Å². The molecule has 2 aromatic rings. The van der Waals surface area contributed by atoms with Gasteiger partial charge in [0.1, 0.15) is 17.5 Å². The Bertz CT molecular complexity index is 692. The fourth-order valence-electron chi connectivity index (χ4n) is 3.78. The molecule has 0 aromatic carbocycles. The predicted octanol–water partition coefficient (Wildman–Crippen LogP) is 0.0997. The average Bonchev–Trinajstić information content (AvgIpc) is 3.12. The summed E-state index contributed by atoms with van der Waals surface area (Å²) in [5, 5.41) is 15.7. The Balaban J connectivity index is 1.34. The lowest BCUT2D eigenvalue weighted by molar-refractivity contribution is 0.195. The van der Waals surface area contributed by atoms with Gasteiger partial charge in [0.05, 0.1) is 6.54 Å². The second-order valence-electron chi connectivity index (χ2n) is 7.09.